The second-order valence-electron chi connectivity index (χ2n) is 7.98. The molecule has 1 amide bonds. The molecule has 2 aliphatic rings. The van der Waals surface area contributed by atoms with E-state index in [9.17, 15) is 9.59 Å². The van der Waals surface area contributed by atoms with Crippen molar-refractivity contribution >= 4 is 29.3 Å². The molecule has 2 unspecified atom stereocenters. The Hall–Kier alpha value is -1.79. The maximum absolute atomic E-state index is 12.9. The Bertz CT molecular complexity index is 866. The van der Waals surface area contributed by atoms with E-state index in [0.29, 0.717) is 18.0 Å². The second-order valence-corrected chi connectivity index (χ2v) is 7.98. The quantitative estimate of drug-likeness (QED) is 0.841. The summed E-state index contributed by atoms with van der Waals surface area (Å²) in [5.41, 5.74) is 8.28. The lowest BCUT2D eigenvalue weighted by Crippen LogP contribution is -2.45. The first-order valence-corrected chi connectivity index (χ1v) is 9.83. The van der Waals surface area contributed by atoms with Crippen molar-refractivity contribution in [3.8, 4) is 0 Å². The van der Waals surface area contributed by atoms with Crippen molar-refractivity contribution in [1.82, 2.24) is 14.5 Å². The minimum Gasteiger partial charge on any atom is -0.338 e. The predicted octanol–water partition coefficient (Wildman–Crippen LogP) is 3.07. The van der Waals surface area contributed by atoms with Crippen molar-refractivity contribution < 1.29 is 4.79 Å². The highest BCUT2D eigenvalue weighted by Gasteiger charge is 2.27. The zero-order chi connectivity index (χ0) is 18.3. The van der Waals surface area contributed by atoms with Gasteiger partial charge in [-0.15, -0.1) is 12.4 Å². The SMILES string of the molecule is CC(N)C1CCCN(C(=O)c2ccc3c(c2)[nH]c(=O)n3C2CCCC2)C1.Cl. The normalized spacial score (nSPS) is 22.0. The van der Waals surface area contributed by atoms with Crippen LogP contribution in [0, 0.1) is 5.92 Å². The molecule has 1 saturated heterocycles. The second kappa shape index (κ2) is 8.07. The number of aromatic nitrogens is 2. The molecule has 148 valence electrons. The van der Waals surface area contributed by atoms with Gasteiger partial charge < -0.3 is 15.6 Å². The molecule has 1 aliphatic heterocycles. The fourth-order valence-corrected chi connectivity index (χ4v) is 4.60. The Morgan fingerprint density at radius 2 is 1.96 bits per heavy atom. The number of carbonyl (C=O) groups is 1. The summed E-state index contributed by atoms with van der Waals surface area (Å²) in [5, 5.41) is 0. The fourth-order valence-electron chi connectivity index (χ4n) is 4.60. The number of halogens is 1. The Morgan fingerprint density at radius 1 is 1.22 bits per heavy atom. The monoisotopic (exact) mass is 392 g/mol. The highest BCUT2D eigenvalue weighted by molar-refractivity contribution is 5.97. The van der Waals surface area contributed by atoms with Crippen LogP contribution in [0.2, 0.25) is 0 Å². The van der Waals surface area contributed by atoms with Gasteiger partial charge in [0, 0.05) is 30.7 Å². The molecule has 1 saturated carbocycles. The molecule has 6 nitrogen and oxygen atoms in total. The summed E-state index contributed by atoms with van der Waals surface area (Å²) < 4.78 is 1.88. The summed E-state index contributed by atoms with van der Waals surface area (Å²) in [6.07, 6.45) is 6.54. The van der Waals surface area contributed by atoms with E-state index >= 15 is 0 Å². The topological polar surface area (TPSA) is 84.1 Å². The lowest BCUT2D eigenvalue weighted by atomic mass is 9.92. The first-order valence-electron chi connectivity index (χ1n) is 9.83. The number of piperidine rings is 1. The molecule has 2 fully saturated rings. The molecule has 1 aromatic carbocycles. The molecule has 7 heteroatoms. The zero-order valence-electron chi connectivity index (χ0n) is 15.8. The Labute approximate surface area is 165 Å². The number of nitrogens with zero attached hydrogens (tertiary/aromatic N) is 2. The highest BCUT2D eigenvalue weighted by Crippen LogP contribution is 2.31. The lowest BCUT2D eigenvalue weighted by Gasteiger charge is -2.34. The van der Waals surface area contributed by atoms with Crippen LogP contribution < -0.4 is 11.4 Å². The minimum atomic E-state index is -0.0634. The number of likely N-dealkylation sites (tertiary alicyclic amines) is 1. The van der Waals surface area contributed by atoms with Crippen molar-refractivity contribution in [2.75, 3.05) is 13.1 Å². The number of benzene rings is 1. The number of hydrogen-bond donors (Lipinski definition) is 2. The average molecular weight is 393 g/mol. The fraction of sp³-hybridized carbons (Fsp3) is 0.600. The first-order chi connectivity index (χ1) is 12.5. The Morgan fingerprint density at radius 3 is 2.67 bits per heavy atom. The Balaban J connectivity index is 0.00000210. The minimum absolute atomic E-state index is 0. The maximum Gasteiger partial charge on any atom is 0.326 e. The van der Waals surface area contributed by atoms with E-state index in [2.05, 4.69) is 4.98 Å². The summed E-state index contributed by atoms with van der Waals surface area (Å²) >= 11 is 0. The van der Waals surface area contributed by atoms with Gasteiger partial charge in [0.15, 0.2) is 0 Å². The van der Waals surface area contributed by atoms with Crippen LogP contribution in [0.25, 0.3) is 11.0 Å². The molecule has 1 aliphatic carbocycles. The Kier molecular flexibility index (Phi) is 5.96. The molecule has 0 bridgehead atoms. The molecule has 2 heterocycles. The van der Waals surface area contributed by atoms with Gasteiger partial charge in [-0.3, -0.25) is 9.36 Å². The summed E-state index contributed by atoms with van der Waals surface area (Å²) in [7, 11) is 0. The zero-order valence-corrected chi connectivity index (χ0v) is 16.6. The van der Waals surface area contributed by atoms with Crippen molar-refractivity contribution in [1.29, 1.82) is 0 Å². The summed E-state index contributed by atoms with van der Waals surface area (Å²) in [5.74, 6) is 0.395. The van der Waals surface area contributed by atoms with Crippen molar-refractivity contribution in [3.63, 3.8) is 0 Å². The number of imidazole rings is 1. The van der Waals surface area contributed by atoms with Gasteiger partial charge in [-0.2, -0.15) is 0 Å². The number of H-pyrrole nitrogens is 1. The van der Waals surface area contributed by atoms with Gasteiger partial charge in [0.1, 0.15) is 0 Å². The van der Waals surface area contributed by atoms with Crippen LogP contribution in [0.4, 0.5) is 0 Å². The lowest BCUT2D eigenvalue weighted by molar-refractivity contribution is 0.0661. The van der Waals surface area contributed by atoms with Gasteiger partial charge >= 0.3 is 5.69 Å². The molecule has 0 radical (unpaired) electrons. The van der Waals surface area contributed by atoms with E-state index in [0.717, 1.165) is 43.3 Å². The van der Waals surface area contributed by atoms with E-state index < -0.39 is 0 Å². The number of amides is 1. The third-order valence-corrected chi connectivity index (χ3v) is 6.14. The van der Waals surface area contributed by atoms with Crippen LogP contribution in [-0.2, 0) is 0 Å². The molecular formula is C20H29ClN4O2. The smallest absolute Gasteiger partial charge is 0.326 e. The van der Waals surface area contributed by atoms with Crippen molar-refractivity contribution in [2.24, 2.45) is 11.7 Å². The van der Waals surface area contributed by atoms with Crippen LogP contribution in [0.5, 0.6) is 0 Å². The number of carbonyl (C=O) groups excluding carboxylic acids is 1. The number of nitrogens with one attached hydrogen (secondary N) is 1. The number of aromatic amines is 1. The molecule has 2 atom stereocenters. The summed E-state index contributed by atoms with van der Waals surface area (Å²) in [6, 6.07) is 6.00. The molecular weight excluding hydrogens is 364 g/mol. The van der Waals surface area contributed by atoms with Gasteiger partial charge in [-0.1, -0.05) is 12.8 Å². The number of nitrogens with two attached hydrogens (primary N) is 1. The number of fused-ring (bicyclic) bond motifs is 1. The van der Waals surface area contributed by atoms with E-state index in [4.69, 9.17) is 5.73 Å². The molecule has 2 aromatic rings. The van der Waals surface area contributed by atoms with Crippen molar-refractivity contribution in [3.05, 3.63) is 34.2 Å². The summed E-state index contributed by atoms with van der Waals surface area (Å²) in [4.78, 5) is 30.2. The van der Waals surface area contributed by atoms with Crippen LogP contribution in [0.3, 0.4) is 0 Å². The number of hydrogen-bond acceptors (Lipinski definition) is 3. The van der Waals surface area contributed by atoms with E-state index in [1.807, 2.05) is 34.6 Å². The third-order valence-electron chi connectivity index (χ3n) is 6.14. The third kappa shape index (κ3) is 3.78. The van der Waals surface area contributed by atoms with Gasteiger partial charge in [-0.05, 0) is 56.7 Å². The largest absolute Gasteiger partial charge is 0.338 e. The van der Waals surface area contributed by atoms with Crippen LogP contribution >= 0.6 is 12.4 Å². The summed E-state index contributed by atoms with van der Waals surface area (Å²) in [6.45, 7) is 3.51. The molecule has 1 aromatic heterocycles. The maximum atomic E-state index is 12.9. The van der Waals surface area contributed by atoms with Crippen molar-refractivity contribution in [2.45, 2.75) is 57.5 Å². The van der Waals surface area contributed by atoms with E-state index in [1.165, 1.54) is 12.8 Å². The van der Waals surface area contributed by atoms with E-state index in [1.54, 1.807) is 0 Å². The number of rotatable bonds is 3. The standard InChI is InChI=1S/C20H28N4O2.ClH/c1-13(21)15-5-4-10-23(12-15)19(25)14-8-9-18-17(11-14)22-20(26)24(18)16-6-2-3-7-16;/h8-9,11,13,15-16H,2-7,10,12,21H2,1H3,(H,22,26);1H. The average Bonchev–Trinajstić information content (AvgIpc) is 3.27. The first kappa shape index (κ1) is 20.0. The molecule has 4 rings (SSSR count). The van der Waals surface area contributed by atoms with Crippen LogP contribution in [0.1, 0.15) is 61.8 Å². The van der Waals surface area contributed by atoms with Crippen LogP contribution in [-0.4, -0.2) is 39.5 Å². The predicted molar refractivity (Wildman–Crippen MR) is 110 cm³/mol. The molecule has 27 heavy (non-hydrogen) atoms. The van der Waals surface area contributed by atoms with E-state index in [-0.39, 0.29) is 36.1 Å². The van der Waals surface area contributed by atoms with Gasteiger partial charge in [-0.25, -0.2) is 4.79 Å². The molecule has 3 N–H and O–H groups in total. The van der Waals surface area contributed by atoms with Crippen LogP contribution in [0.15, 0.2) is 23.0 Å². The highest BCUT2D eigenvalue weighted by atomic mass is 35.5. The van der Waals surface area contributed by atoms with Gasteiger partial charge in [0.25, 0.3) is 5.91 Å². The van der Waals surface area contributed by atoms with Gasteiger partial charge in [0.2, 0.25) is 0 Å². The van der Waals surface area contributed by atoms with Gasteiger partial charge in [0.05, 0.1) is 11.0 Å². The molecule has 0 spiro atoms.